The number of hydrogen-bond donors (Lipinski definition) is 2. The first kappa shape index (κ1) is 10.7. The molecule has 5 nitrogen and oxygen atoms in total. The maximum atomic E-state index is 8.93. The molecule has 0 radical (unpaired) electrons. The molecule has 0 aliphatic rings. The quantitative estimate of drug-likeness (QED) is 0.781. The summed E-state index contributed by atoms with van der Waals surface area (Å²) in [6, 6.07) is 4.97. The zero-order valence-electron chi connectivity index (χ0n) is 8.61. The second-order valence-corrected chi connectivity index (χ2v) is 3.33. The number of aliphatic hydroxyl groups is 1. The molecule has 2 aromatic rings. The lowest BCUT2D eigenvalue weighted by Gasteiger charge is -2.07. The molecule has 5 heteroatoms. The zero-order valence-corrected chi connectivity index (χ0v) is 8.61. The van der Waals surface area contributed by atoms with Crippen molar-refractivity contribution in [2.45, 2.75) is 6.04 Å². The third-order valence-electron chi connectivity index (χ3n) is 2.18. The fraction of sp³-hybridized carbons (Fsp3) is 0.182. The van der Waals surface area contributed by atoms with E-state index in [9.17, 15) is 0 Å². The predicted molar refractivity (Wildman–Crippen MR) is 59.3 cm³/mol. The molecule has 2 heterocycles. The van der Waals surface area contributed by atoms with Crippen LogP contribution in [0.1, 0.15) is 11.9 Å². The second-order valence-electron chi connectivity index (χ2n) is 3.33. The Hall–Kier alpha value is -1.85. The first-order chi connectivity index (χ1) is 7.81. The third kappa shape index (κ3) is 2.21. The Morgan fingerprint density at radius 2 is 1.94 bits per heavy atom. The SMILES string of the molecule is NC(CO)c1nccc(-c2ccncc2)n1. The van der Waals surface area contributed by atoms with Crippen LogP contribution in [0, 0.1) is 0 Å². The Balaban J connectivity index is 2.36. The average Bonchev–Trinajstić information content (AvgIpc) is 2.39. The lowest BCUT2D eigenvalue weighted by molar-refractivity contribution is 0.263. The van der Waals surface area contributed by atoms with Crippen molar-refractivity contribution < 1.29 is 5.11 Å². The molecule has 16 heavy (non-hydrogen) atoms. The highest BCUT2D eigenvalue weighted by Gasteiger charge is 2.08. The Bertz CT molecular complexity index is 461. The van der Waals surface area contributed by atoms with Crippen molar-refractivity contribution in [3.63, 3.8) is 0 Å². The molecule has 2 aromatic heterocycles. The van der Waals surface area contributed by atoms with E-state index in [0.717, 1.165) is 11.3 Å². The molecule has 0 saturated heterocycles. The molecule has 0 amide bonds. The minimum atomic E-state index is -0.540. The molecule has 2 rings (SSSR count). The highest BCUT2D eigenvalue weighted by Crippen LogP contribution is 2.16. The third-order valence-corrected chi connectivity index (χ3v) is 2.18. The van der Waals surface area contributed by atoms with E-state index in [-0.39, 0.29) is 6.61 Å². The Morgan fingerprint density at radius 1 is 1.19 bits per heavy atom. The van der Waals surface area contributed by atoms with Crippen molar-refractivity contribution in [3.8, 4) is 11.3 Å². The van der Waals surface area contributed by atoms with Gasteiger partial charge >= 0.3 is 0 Å². The van der Waals surface area contributed by atoms with Gasteiger partial charge in [-0.05, 0) is 18.2 Å². The first-order valence-electron chi connectivity index (χ1n) is 4.91. The van der Waals surface area contributed by atoms with Gasteiger partial charge in [0.1, 0.15) is 5.82 Å². The molecule has 82 valence electrons. The van der Waals surface area contributed by atoms with Crippen molar-refractivity contribution in [2.75, 3.05) is 6.61 Å². The molecule has 0 fully saturated rings. The van der Waals surface area contributed by atoms with Crippen molar-refractivity contribution in [3.05, 3.63) is 42.6 Å². The summed E-state index contributed by atoms with van der Waals surface area (Å²) in [6.07, 6.45) is 5.03. The van der Waals surface area contributed by atoms with Crippen LogP contribution in [0.25, 0.3) is 11.3 Å². The zero-order chi connectivity index (χ0) is 11.4. The number of aromatic nitrogens is 3. The molecule has 0 aromatic carbocycles. The molecule has 0 spiro atoms. The van der Waals surface area contributed by atoms with Crippen LogP contribution in [-0.2, 0) is 0 Å². The summed E-state index contributed by atoms with van der Waals surface area (Å²) in [5.74, 6) is 0.441. The van der Waals surface area contributed by atoms with E-state index in [2.05, 4.69) is 15.0 Å². The maximum absolute atomic E-state index is 8.93. The van der Waals surface area contributed by atoms with Crippen LogP contribution in [0.5, 0.6) is 0 Å². The molecular formula is C11H12N4O. The predicted octanol–water partition coefficient (Wildman–Crippen LogP) is 0.531. The number of pyridine rings is 1. The Kier molecular flexibility index (Phi) is 3.19. The van der Waals surface area contributed by atoms with Crippen LogP contribution >= 0.6 is 0 Å². The van der Waals surface area contributed by atoms with Crippen molar-refractivity contribution in [2.24, 2.45) is 5.73 Å². The van der Waals surface area contributed by atoms with E-state index in [4.69, 9.17) is 10.8 Å². The molecular weight excluding hydrogens is 204 g/mol. The van der Waals surface area contributed by atoms with Gasteiger partial charge in [0.2, 0.25) is 0 Å². The number of nitrogens with zero attached hydrogens (tertiary/aromatic N) is 3. The van der Waals surface area contributed by atoms with Crippen LogP contribution in [0.2, 0.25) is 0 Å². The number of nitrogens with two attached hydrogens (primary N) is 1. The van der Waals surface area contributed by atoms with Gasteiger partial charge in [0, 0.05) is 24.2 Å². The van der Waals surface area contributed by atoms with Crippen LogP contribution in [0.15, 0.2) is 36.8 Å². The van der Waals surface area contributed by atoms with Gasteiger partial charge < -0.3 is 10.8 Å². The molecule has 0 aliphatic heterocycles. The Labute approximate surface area is 93.0 Å². The number of hydrogen-bond acceptors (Lipinski definition) is 5. The smallest absolute Gasteiger partial charge is 0.147 e. The highest BCUT2D eigenvalue weighted by molar-refractivity contribution is 5.57. The van der Waals surface area contributed by atoms with Crippen LogP contribution in [0.4, 0.5) is 0 Å². The van der Waals surface area contributed by atoms with Gasteiger partial charge in [-0.2, -0.15) is 0 Å². The summed E-state index contributed by atoms with van der Waals surface area (Å²) in [5.41, 5.74) is 7.38. The average molecular weight is 216 g/mol. The molecule has 0 aliphatic carbocycles. The largest absolute Gasteiger partial charge is 0.394 e. The summed E-state index contributed by atoms with van der Waals surface area (Å²) in [4.78, 5) is 12.3. The molecule has 0 saturated carbocycles. The van der Waals surface area contributed by atoms with E-state index >= 15 is 0 Å². The molecule has 1 unspecified atom stereocenters. The minimum Gasteiger partial charge on any atom is -0.394 e. The van der Waals surface area contributed by atoms with Gasteiger partial charge in [-0.15, -0.1) is 0 Å². The van der Waals surface area contributed by atoms with Gasteiger partial charge in [0.05, 0.1) is 18.3 Å². The monoisotopic (exact) mass is 216 g/mol. The van der Waals surface area contributed by atoms with E-state index in [1.165, 1.54) is 0 Å². The summed E-state index contributed by atoms with van der Waals surface area (Å²) in [7, 11) is 0. The van der Waals surface area contributed by atoms with Crippen molar-refractivity contribution >= 4 is 0 Å². The first-order valence-corrected chi connectivity index (χ1v) is 4.91. The van der Waals surface area contributed by atoms with Gasteiger partial charge in [-0.25, -0.2) is 9.97 Å². The van der Waals surface area contributed by atoms with Gasteiger partial charge in [-0.1, -0.05) is 0 Å². The van der Waals surface area contributed by atoms with Gasteiger partial charge in [0.25, 0.3) is 0 Å². The lowest BCUT2D eigenvalue weighted by Crippen LogP contribution is -2.17. The molecule has 1 atom stereocenters. The van der Waals surface area contributed by atoms with Crippen LogP contribution in [-0.4, -0.2) is 26.7 Å². The fourth-order valence-electron chi connectivity index (χ4n) is 1.32. The van der Waals surface area contributed by atoms with E-state index in [1.54, 1.807) is 24.7 Å². The van der Waals surface area contributed by atoms with Crippen molar-refractivity contribution in [1.29, 1.82) is 0 Å². The van der Waals surface area contributed by atoms with E-state index in [1.807, 2.05) is 12.1 Å². The summed E-state index contributed by atoms with van der Waals surface area (Å²) in [5, 5.41) is 8.93. The standard InChI is InChI=1S/C11H12N4O/c12-9(7-16)11-14-6-3-10(15-11)8-1-4-13-5-2-8/h1-6,9,16H,7,12H2. The second kappa shape index (κ2) is 4.78. The lowest BCUT2D eigenvalue weighted by atomic mass is 10.2. The highest BCUT2D eigenvalue weighted by atomic mass is 16.3. The van der Waals surface area contributed by atoms with E-state index in [0.29, 0.717) is 5.82 Å². The maximum Gasteiger partial charge on any atom is 0.147 e. The topological polar surface area (TPSA) is 84.9 Å². The summed E-state index contributed by atoms with van der Waals surface area (Å²) >= 11 is 0. The summed E-state index contributed by atoms with van der Waals surface area (Å²) in [6.45, 7) is -0.167. The van der Waals surface area contributed by atoms with Gasteiger partial charge in [-0.3, -0.25) is 4.98 Å². The Morgan fingerprint density at radius 3 is 2.62 bits per heavy atom. The fourth-order valence-corrected chi connectivity index (χ4v) is 1.32. The number of rotatable bonds is 3. The van der Waals surface area contributed by atoms with Crippen LogP contribution in [0.3, 0.4) is 0 Å². The number of aliphatic hydroxyl groups excluding tert-OH is 1. The van der Waals surface area contributed by atoms with Gasteiger partial charge in [0.15, 0.2) is 0 Å². The summed E-state index contributed by atoms with van der Waals surface area (Å²) < 4.78 is 0. The van der Waals surface area contributed by atoms with E-state index < -0.39 is 6.04 Å². The van der Waals surface area contributed by atoms with Crippen molar-refractivity contribution in [1.82, 2.24) is 15.0 Å². The molecule has 0 bridgehead atoms. The normalized spacial score (nSPS) is 12.4. The minimum absolute atomic E-state index is 0.167. The van der Waals surface area contributed by atoms with Crippen LogP contribution < -0.4 is 5.73 Å². The molecule has 3 N–H and O–H groups in total.